The largest absolute Gasteiger partial charge is 0.455 e. The zero-order valence-corrected chi connectivity index (χ0v) is 32.1. The van der Waals surface area contributed by atoms with Crippen molar-refractivity contribution in [2.75, 3.05) is 0 Å². The molecule has 0 bridgehead atoms. The van der Waals surface area contributed by atoms with Gasteiger partial charge in [-0.15, -0.1) is 0 Å². The lowest BCUT2D eigenvalue weighted by atomic mass is 10.0. The highest BCUT2D eigenvalue weighted by atomic mass is 16.3. The number of fused-ring (bicyclic) bond motifs is 12. The van der Waals surface area contributed by atoms with Crippen molar-refractivity contribution in [2.45, 2.75) is 6.92 Å². The van der Waals surface area contributed by atoms with Gasteiger partial charge in [-0.3, -0.25) is 0 Å². The zero-order valence-electron chi connectivity index (χ0n) is 32.1. The summed E-state index contributed by atoms with van der Waals surface area (Å²) >= 11 is 0. The lowest BCUT2D eigenvalue weighted by molar-refractivity contribution is 0.669. The van der Waals surface area contributed by atoms with Crippen LogP contribution >= 0.6 is 0 Å². The normalized spacial score (nSPS) is 12.2. The SMILES string of the molecule is Cc1cc(-n2c3ccccc3c3cc(-c4cccc5c4oc4ccccc45)ccc32)cc(-n2c3ccccc3c3cc(-c4cccc5c4oc4ccccc45)ccc32)c1. The zero-order chi connectivity index (χ0) is 38.8. The Morgan fingerprint density at radius 3 is 1.22 bits per heavy atom. The molecule has 13 aromatic rings. The average molecular weight is 755 g/mol. The molecule has 0 amide bonds. The maximum absolute atomic E-state index is 6.48. The number of hydrogen-bond donors (Lipinski definition) is 0. The average Bonchev–Trinajstić information content (AvgIpc) is 4.03. The maximum Gasteiger partial charge on any atom is 0.143 e. The smallest absolute Gasteiger partial charge is 0.143 e. The minimum Gasteiger partial charge on any atom is -0.455 e. The van der Waals surface area contributed by atoms with E-state index in [9.17, 15) is 0 Å². The van der Waals surface area contributed by atoms with E-state index in [0.717, 1.165) is 88.5 Å². The quantitative estimate of drug-likeness (QED) is 0.179. The Morgan fingerprint density at radius 1 is 0.322 bits per heavy atom. The summed E-state index contributed by atoms with van der Waals surface area (Å²) in [6, 6.07) is 67.7. The fourth-order valence-electron chi connectivity index (χ4n) is 9.79. The molecule has 0 aliphatic carbocycles. The molecule has 13 rings (SSSR count). The van der Waals surface area contributed by atoms with Crippen LogP contribution in [-0.2, 0) is 0 Å². The Balaban J connectivity index is 0.989. The number of para-hydroxylation sites is 6. The van der Waals surface area contributed by atoms with Gasteiger partial charge in [-0.25, -0.2) is 0 Å². The molecule has 0 atom stereocenters. The summed E-state index contributed by atoms with van der Waals surface area (Å²) in [5.41, 5.74) is 16.2. The molecule has 4 heterocycles. The van der Waals surface area contributed by atoms with Gasteiger partial charge in [-0.05, 0) is 90.3 Å². The molecular formula is C55H34N2O2. The number of furan rings is 2. The van der Waals surface area contributed by atoms with E-state index in [-0.39, 0.29) is 0 Å². The third kappa shape index (κ3) is 4.66. The minimum atomic E-state index is 0.909. The summed E-state index contributed by atoms with van der Waals surface area (Å²) in [6.07, 6.45) is 0. The van der Waals surface area contributed by atoms with Crippen LogP contribution in [0.2, 0.25) is 0 Å². The highest BCUT2D eigenvalue weighted by Crippen LogP contribution is 2.42. The van der Waals surface area contributed by atoms with Gasteiger partial charge in [0.1, 0.15) is 22.3 Å². The number of aryl methyl sites for hydroxylation is 1. The lowest BCUT2D eigenvalue weighted by Crippen LogP contribution is -2.00. The van der Waals surface area contributed by atoms with Gasteiger partial charge in [0.05, 0.1) is 22.1 Å². The Morgan fingerprint density at radius 2 is 0.729 bits per heavy atom. The molecule has 0 saturated carbocycles. The van der Waals surface area contributed by atoms with Crippen LogP contribution in [0.4, 0.5) is 0 Å². The van der Waals surface area contributed by atoms with E-state index in [1.165, 1.54) is 38.1 Å². The van der Waals surface area contributed by atoms with Crippen LogP contribution in [-0.4, -0.2) is 9.13 Å². The summed E-state index contributed by atoms with van der Waals surface area (Å²) in [4.78, 5) is 0. The first-order valence-corrected chi connectivity index (χ1v) is 20.2. The Labute approximate surface area is 338 Å². The third-order valence-electron chi connectivity index (χ3n) is 12.3. The Bertz CT molecular complexity index is 3620. The van der Waals surface area contributed by atoms with E-state index in [0.29, 0.717) is 0 Å². The second kappa shape index (κ2) is 12.1. The van der Waals surface area contributed by atoms with Gasteiger partial charge in [-0.1, -0.05) is 121 Å². The topological polar surface area (TPSA) is 36.1 Å². The highest BCUT2D eigenvalue weighted by molar-refractivity contribution is 6.15. The predicted octanol–water partition coefficient (Wildman–Crippen LogP) is 15.3. The van der Waals surface area contributed by atoms with Crippen LogP contribution in [0.15, 0.2) is 197 Å². The molecule has 0 radical (unpaired) electrons. The van der Waals surface area contributed by atoms with Gasteiger partial charge in [0.2, 0.25) is 0 Å². The number of benzene rings is 9. The Hall–Kier alpha value is -7.82. The summed E-state index contributed by atoms with van der Waals surface area (Å²) in [6.45, 7) is 2.20. The number of nitrogens with zero attached hydrogens (tertiary/aromatic N) is 2. The number of hydrogen-bond acceptors (Lipinski definition) is 2. The van der Waals surface area contributed by atoms with Crippen LogP contribution in [0.1, 0.15) is 5.56 Å². The van der Waals surface area contributed by atoms with E-state index < -0.39 is 0 Å². The first kappa shape index (κ1) is 32.3. The molecule has 0 saturated heterocycles. The molecule has 59 heavy (non-hydrogen) atoms. The molecule has 0 spiro atoms. The van der Waals surface area contributed by atoms with Crippen LogP contribution in [0.25, 0.3) is 121 Å². The molecule has 0 unspecified atom stereocenters. The third-order valence-corrected chi connectivity index (χ3v) is 12.3. The standard InChI is InChI=1S/C55H34N2O2/c1-33-28-36(56-48-20-6-2-12-40(48)46-30-34(24-26-50(46)56)38-16-10-18-44-42-14-4-8-22-52(42)58-54(38)44)32-37(29-33)57-49-21-7-3-13-41(49)47-31-35(25-27-51(47)57)39-17-11-19-45-43-15-5-9-23-53(43)59-55(39)45/h2-32H,1H3. The fraction of sp³-hybridized carbons (Fsp3) is 0.0182. The van der Waals surface area contributed by atoms with Gasteiger partial charge >= 0.3 is 0 Å². The van der Waals surface area contributed by atoms with Crippen molar-refractivity contribution in [3.05, 3.63) is 194 Å². The highest BCUT2D eigenvalue weighted by Gasteiger charge is 2.20. The van der Waals surface area contributed by atoms with Crippen molar-refractivity contribution < 1.29 is 8.83 Å². The van der Waals surface area contributed by atoms with Crippen LogP contribution in [0.5, 0.6) is 0 Å². The molecule has 9 aromatic carbocycles. The van der Waals surface area contributed by atoms with Gasteiger partial charge in [0, 0.05) is 65.6 Å². The molecule has 0 aliphatic heterocycles. The van der Waals surface area contributed by atoms with E-state index in [4.69, 9.17) is 8.83 Å². The predicted molar refractivity (Wildman–Crippen MR) is 245 cm³/mol. The van der Waals surface area contributed by atoms with Gasteiger partial charge in [0.25, 0.3) is 0 Å². The van der Waals surface area contributed by atoms with E-state index in [2.05, 4.69) is 180 Å². The Kier molecular flexibility index (Phi) is 6.62. The summed E-state index contributed by atoms with van der Waals surface area (Å²) in [5, 5.41) is 9.40. The monoisotopic (exact) mass is 754 g/mol. The second-order valence-electron chi connectivity index (χ2n) is 15.8. The van der Waals surface area contributed by atoms with Crippen molar-refractivity contribution in [3.8, 4) is 33.6 Å². The second-order valence-corrected chi connectivity index (χ2v) is 15.8. The summed E-state index contributed by atoms with van der Waals surface area (Å²) in [5.74, 6) is 0. The first-order valence-electron chi connectivity index (χ1n) is 20.2. The molecule has 0 fully saturated rings. The minimum absolute atomic E-state index is 0.909. The van der Waals surface area contributed by atoms with Gasteiger partial charge in [0.15, 0.2) is 0 Å². The van der Waals surface area contributed by atoms with Crippen molar-refractivity contribution in [2.24, 2.45) is 0 Å². The van der Waals surface area contributed by atoms with Crippen molar-refractivity contribution >= 4 is 87.5 Å². The molecule has 4 aromatic heterocycles. The van der Waals surface area contributed by atoms with E-state index in [1.807, 2.05) is 24.3 Å². The van der Waals surface area contributed by atoms with Crippen LogP contribution in [0.3, 0.4) is 0 Å². The summed E-state index contributed by atoms with van der Waals surface area (Å²) in [7, 11) is 0. The van der Waals surface area contributed by atoms with E-state index in [1.54, 1.807) is 0 Å². The molecular weight excluding hydrogens is 721 g/mol. The molecule has 4 heteroatoms. The molecule has 0 N–H and O–H groups in total. The number of aromatic nitrogens is 2. The van der Waals surface area contributed by atoms with Gasteiger partial charge < -0.3 is 18.0 Å². The molecule has 0 aliphatic rings. The maximum atomic E-state index is 6.48. The van der Waals surface area contributed by atoms with Crippen molar-refractivity contribution in [3.63, 3.8) is 0 Å². The van der Waals surface area contributed by atoms with Crippen molar-refractivity contribution in [1.82, 2.24) is 9.13 Å². The lowest BCUT2D eigenvalue weighted by Gasteiger charge is -2.14. The van der Waals surface area contributed by atoms with E-state index >= 15 is 0 Å². The first-order chi connectivity index (χ1) is 29.2. The van der Waals surface area contributed by atoms with Crippen LogP contribution in [0, 0.1) is 6.92 Å². The van der Waals surface area contributed by atoms with Crippen LogP contribution < -0.4 is 0 Å². The fourth-order valence-corrected chi connectivity index (χ4v) is 9.79. The molecule has 4 nitrogen and oxygen atoms in total. The molecule has 276 valence electrons. The number of rotatable bonds is 4. The van der Waals surface area contributed by atoms with Gasteiger partial charge in [-0.2, -0.15) is 0 Å². The van der Waals surface area contributed by atoms with Crippen molar-refractivity contribution in [1.29, 1.82) is 0 Å². The summed E-state index contributed by atoms with van der Waals surface area (Å²) < 4.78 is 17.8.